The molecule has 1 aliphatic heterocycles. The van der Waals surface area contributed by atoms with E-state index >= 15 is 0 Å². The Kier molecular flexibility index (Phi) is 5.06. The summed E-state index contributed by atoms with van der Waals surface area (Å²) in [6.07, 6.45) is 1.96. The van der Waals surface area contributed by atoms with Crippen molar-refractivity contribution in [1.82, 2.24) is 19.6 Å². The zero-order valence-corrected chi connectivity index (χ0v) is 18.8. The van der Waals surface area contributed by atoms with Crippen LogP contribution in [0.15, 0.2) is 30.3 Å². The lowest BCUT2D eigenvalue weighted by molar-refractivity contribution is -0.0226. The van der Waals surface area contributed by atoms with Crippen molar-refractivity contribution >= 4 is 33.2 Å². The Morgan fingerprint density at radius 3 is 2.74 bits per heavy atom. The summed E-state index contributed by atoms with van der Waals surface area (Å²) < 4.78 is 8.87. The molecule has 3 heterocycles. The van der Waals surface area contributed by atoms with Crippen molar-refractivity contribution in [1.29, 1.82) is 0 Å². The van der Waals surface area contributed by atoms with Gasteiger partial charge in [-0.25, -0.2) is 0 Å². The SMILES string of the molecule is CN(C)C(=O)c1sc2ccccc2c1C1CN(C(=O)c2cc(C3CC3)nn2C)CCO1. The number of fused-ring (bicyclic) bond motifs is 1. The third-order valence-corrected chi connectivity index (χ3v) is 7.20. The quantitative estimate of drug-likeness (QED) is 0.626. The van der Waals surface area contributed by atoms with Crippen LogP contribution in [-0.4, -0.2) is 65.2 Å². The Hall–Kier alpha value is -2.71. The lowest BCUT2D eigenvalue weighted by Gasteiger charge is -2.33. The number of carbonyl (C=O) groups is 2. The molecule has 1 saturated heterocycles. The summed E-state index contributed by atoms with van der Waals surface area (Å²) in [5, 5.41) is 5.57. The van der Waals surface area contributed by atoms with Gasteiger partial charge in [0.15, 0.2) is 0 Å². The molecule has 3 aromatic rings. The summed E-state index contributed by atoms with van der Waals surface area (Å²) in [5.74, 6) is 0.432. The van der Waals surface area contributed by atoms with Crippen LogP contribution in [0, 0.1) is 0 Å². The zero-order chi connectivity index (χ0) is 21.7. The molecule has 1 unspecified atom stereocenters. The van der Waals surface area contributed by atoms with Crippen LogP contribution in [0.2, 0.25) is 0 Å². The lowest BCUT2D eigenvalue weighted by Crippen LogP contribution is -2.43. The van der Waals surface area contributed by atoms with Gasteiger partial charge in [0.2, 0.25) is 0 Å². The van der Waals surface area contributed by atoms with Crippen LogP contribution in [-0.2, 0) is 11.8 Å². The number of benzene rings is 1. The van der Waals surface area contributed by atoms with Gasteiger partial charge in [0.1, 0.15) is 11.8 Å². The Labute approximate surface area is 185 Å². The smallest absolute Gasteiger partial charge is 0.272 e. The molecule has 2 amide bonds. The summed E-state index contributed by atoms with van der Waals surface area (Å²) in [4.78, 5) is 30.3. The molecule has 31 heavy (non-hydrogen) atoms. The molecule has 8 heteroatoms. The van der Waals surface area contributed by atoms with Crippen molar-refractivity contribution in [3.05, 3.63) is 52.2 Å². The molecule has 0 bridgehead atoms. The maximum atomic E-state index is 13.3. The van der Waals surface area contributed by atoms with E-state index in [9.17, 15) is 9.59 Å². The molecule has 0 radical (unpaired) electrons. The summed E-state index contributed by atoms with van der Waals surface area (Å²) in [6.45, 7) is 1.37. The van der Waals surface area contributed by atoms with Gasteiger partial charge < -0.3 is 14.5 Å². The monoisotopic (exact) mass is 438 g/mol. The van der Waals surface area contributed by atoms with Crippen molar-refractivity contribution < 1.29 is 14.3 Å². The molecule has 2 aromatic heterocycles. The van der Waals surface area contributed by atoms with Gasteiger partial charge in [-0.05, 0) is 30.4 Å². The Morgan fingerprint density at radius 2 is 2.00 bits per heavy atom. The van der Waals surface area contributed by atoms with Gasteiger partial charge in [0.25, 0.3) is 11.8 Å². The number of morpholine rings is 1. The van der Waals surface area contributed by atoms with Crippen LogP contribution >= 0.6 is 11.3 Å². The third-order valence-electron chi connectivity index (χ3n) is 6.02. The first kappa shape index (κ1) is 20.2. The second-order valence-electron chi connectivity index (χ2n) is 8.50. The highest BCUT2D eigenvalue weighted by molar-refractivity contribution is 7.21. The van der Waals surface area contributed by atoms with E-state index < -0.39 is 0 Å². The first-order valence-electron chi connectivity index (χ1n) is 10.6. The van der Waals surface area contributed by atoms with Gasteiger partial charge >= 0.3 is 0 Å². The number of rotatable bonds is 4. The zero-order valence-electron chi connectivity index (χ0n) is 18.0. The van der Waals surface area contributed by atoms with E-state index in [1.54, 1.807) is 23.7 Å². The largest absolute Gasteiger partial charge is 0.370 e. The number of aromatic nitrogens is 2. The van der Waals surface area contributed by atoms with Gasteiger partial charge in [-0.15, -0.1) is 11.3 Å². The van der Waals surface area contributed by atoms with Crippen molar-refractivity contribution in [2.45, 2.75) is 24.9 Å². The predicted octanol–water partition coefficient (Wildman–Crippen LogP) is 3.43. The number of carbonyl (C=O) groups excluding carboxylic acids is 2. The maximum Gasteiger partial charge on any atom is 0.272 e. The van der Waals surface area contributed by atoms with Crippen molar-refractivity contribution in [2.75, 3.05) is 33.8 Å². The van der Waals surface area contributed by atoms with Gasteiger partial charge in [-0.3, -0.25) is 14.3 Å². The van der Waals surface area contributed by atoms with Gasteiger partial charge in [0, 0.05) is 43.9 Å². The molecule has 0 spiro atoms. The van der Waals surface area contributed by atoms with Crippen molar-refractivity contribution in [3.8, 4) is 0 Å². The highest BCUT2D eigenvalue weighted by atomic mass is 32.1. The van der Waals surface area contributed by atoms with Crippen LogP contribution in [0.1, 0.15) is 56.3 Å². The van der Waals surface area contributed by atoms with Gasteiger partial charge in [0.05, 0.1) is 23.7 Å². The van der Waals surface area contributed by atoms with Gasteiger partial charge in [-0.2, -0.15) is 5.10 Å². The van der Waals surface area contributed by atoms with Crippen LogP contribution in [0.25, 0.3) is 10.1 Å². The summed E-state index contributed by atoms with van der Waals surface area (Å²) in [7, 11) is 5.35. The fourth-order valence-electron chi connectivity index (χ4n) is 4.19. The molecule has 2 fully saturated rings. The average molecular weight is 439 g/mol. The summed E-state index contributed by atoms with van der Waals surface area (Å²) in [6, 6.07) is 9.94. The van der Waals surface area contributed by atoms with Crippen LogP contribution < -0.4 is 0 Å². The Balaban J connectivity index is 1.47. The van der Waals surface area contributed by atoms with Gasteiger partial charge in [-0.1, -0.05) is 18.2 Å². The first-order chi connectivity index (χ1) is 14.9. The number of thiophene rings is 1. The van der Waals surface area contributed by atoms with E-state index in [1.165, 1.54) is 11.3 Å². The molecule has 1 aromatic carbocycles. The van der Waals surface area contributed by atoms with E-state index in [0.717, 1.165) is 34.2 Å². The first-order valence-corrected chi connectivity index (χ1v) is 11.4. The van der Waals surface area contributed by atoms with E-state index in [1.807, 2.05) is 42.3 Å². The topological polar surface area (TPSA) is 67.7 Å². The number of aryl methyl sites for hydroxylation is 1. The Bertz CT molecular complexity index is 1160. The van der Waals surface area contributed by atoms with E-state index in [0.29, 0.717) is 36.2 Å². The molecular weight excluding hydrogens is 412 g/mol. The van der Waals surface area contributed by atoms with Crippen LogP contribution in [0.5, 0.6) is 0 Å². The van der Waals surface area contributed by atoms with E-state index in [2.05, 4.69) is 5.10 Å². The molecule has 1 saturated carbocycles. The third kappa shape index (κ3) is 3.64. The fourth-order valence-corrected chi connectivity index (χ4v) is 5.46. The molecule has 0 N–H and O–H groups in total. The summed E-state index contributed by atoms with van der Waals surface area (Å²) in [5.41, 5.74) is 2.51. The fraction of sp³-hybridized carbons (Fsp3) is 0.435. The molecule has 1 aliphatic carbocycles. The van der Waals surface area contributed by atoms with Crippen molar-refractivity contribution in [2.24, 2.45) is 7.05 Å². The molecular formula is C23H26N4O3S. The standard InChI is InChI=1S/C23H26N4O3S/c1-25(2)23(29)21-20(15-6-4-5-7-19(15)31-21)18-13-27(10-11-30-18)22(28)17-12-16(14-8-9-14)24-26(17)3/h4-7,12,14,18H,8-11,13H2,1-3H3. The number of hydrogen-bond acceptors (Lipinski definition) is 5. The van der Waals surface area contributed by atoms with E-state index in [4.69, 9.17) is 4.74 Å². The van der Waals surface area contributed by atoms with Crippen molar-refractivity contribution in [3.63, 3.8) is 0 Å². The minimum Gasteiger partial charge on any atom is -0.370 e. The van der Waals surface area contributed by atoms with Crippen LogP contribution in [0.4, 0.5) is 0 Å². The van der Waals surface area contributed by atoms with E-state index in [-0.39, 0.29) is 17.9 Å². The molecule has 162 valence electrons. The van der Waals surface area contributed by atoms with Crippen LogP contribution in [0.3, 0.4) is 0 Å². The normalized spacial score (nSPS) is 19.1. The number of amides is 2. The number of nitrogens with zero attached hydrogens (tertiary/aromatic N) is 4. The minimum atomic E-state index is -0.344. The molecule has 2 aliphatic rings. The molecule has 1 atom stereocenters. The number of hydrogen-bond donors (Lipinski definition) is 0. The minimum absolute atomic E-state index is 0.0322. The maximum absolute atomic E-state index is 13.3. The molecule has 7 nitrogen and oxygen atoms in total. The highest BCUT2D eigenvalue weighted by Crippen LogP contribution is 2.40. The average Bonchev–Trinajstić information content (AvgIpc) is 3.44. The second kappa shape index (κ2) is 7.76. The number of ether oxygens (including phenoxy) is 1. The predicted molar refractivity (Wildman–Crippen MR) is 120 cm³/mol. The summed E-state index contributed by atoms with van der Waals surface area (Å²) >= 11 is 1.49. The second-order valence-corrected chi connectivity index (χ2v) is 9.56. The Morgan fingerprint density at radius 1 is 1.23 bits per heavy atom. The molecule has 5 rings (SSSR count). The lowest BCUT2D eigenvalue weighted by atomic mass is 10.0. The highest BCUT2D eigenvalue weighted by Gasteiger charge is 2.34.